The standard InChI is InChI=1S/C17H31N3/c1-2-14-8-7-11-17(12-14)13-19-16(18)20(17)15-9-5-3-4-6-10-15/h14-15H,2-13H2,1H3,(H2,18,19). The van der Waals surface area contributed by atoms with E-state index < -0.39 is 0 Å². The monoisotopic (exact) mass is 277 g/mol. The van der Waals surface area contributed by atoms with Crippen LogP contribution in [0.4, 0.5) is 0 Å². The van der Waals surface area contributed by atoms with E-state index in [1.165, 1.54) is 70.6 Å². The Morgan fingerprint density at radius 3 is 2.60 bits per heavy atom. The van der Waals surface area contributed by atoms with Gasteiger partial charge in [0.1, 0.15) is 0 Å². The Morgan fingerprint density at radius 1 is 1.15 bits per heavy atom. The van der Waals surface area contributed by atoms with Crippen LogP contribution in [-0.2, 0) is 0 Å². The van der Waals surface area contributed by atoms with E-state index in [2.05, 4.69) is 16.8 Å². The molecule has 3 heteroatoms. The molecule has 2 aliphatic carbocycles. The first-order valence-corrected chi connectivity index (χ1v) is 8.84. The van der Waals surface area contributed by atoms with Gasteiger partial charge in [-0.15, -0.1) is 0 Å². The molecule has 0 saturated heterocycles. The van der Waals surface area contributed by atoms with Gasteiger partial charge in [0, 0.05) is 6.04 Å². The van der Waals surface area contributed by atoms with Gasteiger partial charge in [-0.05, 0) is 31.6 Å². The minimum absolute atomic E-state index is 0.290. The van der Waals surface area contributed by atoms with Crippen molar-refractivity contribution in [3.63, 3.8) is 0 Å². The maximum absolute atomic E-state index is 6.33. The van der Waals surface area contributed by atoms with E-state index in [1.807, 2.05) is 0 Å². The third-order valence-electron chi connectivity index (χ3n) is 5.98. The molecule has 2 unspecified atom stereocenters. The lowest BCUT2D eigenvalue weighted by Crippen LogP contribution is -2.58. The average Bonchev–Trinajstić information content (AvgIpc) is 2.67. The first-order valence-electron chi connectivity index (χ1n) is 8.84. The van der Waals surface area contributed by atoms with Crippen LogP contribution in [0.15, 0.2) is 4.99 Å². The summed E-state index contributed by atoms with van der Waals surface area (Å²) in [5, 5.41) is 0. The minimum atomic E-state index is 0.290. The van der Waals surface area contributed by atoms with Crippen molar-refractivity contribution < 1.29 is 0 Å². The van der Waals surface area contributed by atoms with Crippen LogP contribution in [0.1, 0.15) is 77.6 Å². The fourth-order valence-corrected chi connectivity index (χ4v) is 4.89. The first-order chi connectivity index (χ1) is 9.75. The molecule has 20 heavy (non-hydrogen) atoms. The van der Waals surface area contributed by atoms with Gasteiger partial charge >= 0.3 is 0 Å². The highest BCUT2D eigenvalue weighted by Crippen LogP contribution is 2.43. The van der Waals surface area contributed by atoms with Gasteiger partial charge in [0.2, 0.25) is 0 Å². The molecule has 3 rings (SSSR count). The van der Waals surface area contributed by atoms with E-state index in [-0.39, 0.29) is 5.54 Å². The molecule has 2 N–H and O–H groups in total. The van der Waals surface area contributed by atoms with Crippen molar-refractivity contribution in [1.82, 2.24) is 4.90 Å². The predicted octanol–water partition coefficient (Wildman–Crippen LogP) is 3.68. The Labute approximate surface area is 124 Å². The molecule has 0 amide bonds. The summed E-state index contributed by atoms with van der Waals surface area (Å²) in [6, 6.07) is 0.666. The molecule has 2 atom stereocenters. The second-order valence-corrected chi connectivity index (χ2v) is 7.28. The zero-order chi connectivity index (χ0) is 14.0. The van der Waals surface area contributed by atoms with Gasteiger partial charge in [0.05, 0.1) is 12.1 Å². The second-order valence-electron chi connectivity index (χ2n) is 7.28. The zero-order valence-electron chi connectivity index (χ0n) is 13.1. The molecule has 1 heterocycles. The molecule has 1 aliphatic heterocycles. The van der Waals surface area contributed by atoms with E-state index in [1.54, 1.807) is 0 Å². The van der Waals surface area contributed by atoms with Gasteiger partial charge in [-0.25, -0.2) is 0 Å². The van der Waals surface area contributed by atoms with Gasteiger partial charge < -0.3 is 10.6 Å². The fourth-order valence-electron chi connectivity index (χ4n) is 4.89. The lowest BCUT2D eigenvalue weighted by Gasteiger charge is -2.48. The van der Waals surface area contributed by atoms with E-state index in [0.29, 0.717) is 6.04 Å². The summed E-state index contributed by atoms with van der Waals surface area (Å²) >= 11 is 0. The highest BCUT2D eigenvalue weighted by Gasteiger charge is 2.47. The molecule has 3 nitrogen and oxygen atoms in total. The number of guanidine groups is 1. The van der Waals surface area contributed by atoms with Crippen LogP contribution in [0, 0.1) is 5.92 Å². The molecular formula is C17H31N3. The van der Waals surface area contributed by atoms with Crippen molar-refractivity contribution in [2.75, 3.05) is 6.54 Å². The summed E-state index contributed by atoms with van der Waals surface area (Å²) in [5.41, 5.74) is 6.62. The maximum Gasteiger partial charge on any atom is 0.192 e. The van der Waals surface area contributed by atoms with Crippen LogP contribution in [0.25, 0.3) is 0 Å². The molecule has 0 aromatic carbocycles. The third kappa shape index (κ3) is 2.56. The van der Waals surface area contributed by atoms with Gasteiger partial charge in [-0.1, -0.05) is 51.9 Å². The molecule has 114 valence electrons. The Kier molecular flexibility index (Phi) is 4.23. The molecule has 0 radical (unpaired) electrons. The third-order valence-corrected chi connectivity index (χ3v) is 5.98. The van der Waals surface area contributed by atoms with Gasteiger partial charge in [0.15, 0.2) is 5.96 Å². The number of nitrogens with two attached hydrogens (primary N) is 1. The quantitative estimate of drug-likeness (QED) is 0.782. The van der Waals surface area contributed by atoms with E-state index in [4.69, 9.17) is 5.73 Å². The van der Waals surface area contributed by atoms with E-state index in [9.17, 15) is 0 Å². The van der Waals surface area contributed by atoms with Crippen molar-refractivity contribution in [1.29, 1.82) is 0 Å². The predicted molar refractivity (Wildman–Crippen MR) is 84.8 cm³/mol. The fraction of sp³-hybridized carbons (Fsp3) is 0.941. The van der Waals surface area contributed by atoms with E-state index >= 15 is 0 Å². The summed E-state index contributed by atoms with van der Waals surface area (Å²) in [7, 11) is 0. The van der Waals surface area contributed by atoms with Gasteiger partial charge in [0.25, 0.3) is 0 Å². The first kappa shape index (κ1) is 14.2. The minimum Gasteiger partial charge on any atom is -0.370 e. The number of rotatable bonds is 2. The van der Waals surface area contributed by atoms with Crippen LogP contribution < -0.4 is 5.73 Å². The lowest BCUT2D eigenvalue weighted by atomic mass is 9.73. The topological polar surface area (TPSA) is 41.6 Å². The Morgan fingerprint density at radius 2 is 1.90 bits per heavy atom. The smallest absolute Gasteiger partial charge is 0.192 e. The highest BCUT2D eigenvalue weighted by molar-refractivity contribution is 5.81. The van der Waals surface area contributed by atoms with Crippen molar-refractivity contribution in [2.45, 2.75) is 89.1 Å². The van der Waals surface area contributed by atoms with Crippen molar-refractivity contribution in [3.8, 4) is 0 Å². The van der Waals surface area contributed by atoms with Crippen LogP contribution in [0.2, 0.25) is 0 Å². The normalized spacial score (nSPS) is 36.1. The largest absolute Gasteiger partial charge is 0.370 e. The van der Waals surface area contributed by atoms with Gasteiger partial charge in [-0.3, -0.25) is 4.99 Å². The van der Waals surface area contributed by atoms with Crippen LogP contribution in [-0.4, -0.2) is 29.0 Å². The molecule has 0 aromatic rings. The summed E-state index contributed by atoms with van der Waals surface area (Å²) in [6.45, 7) is 3.31. The summed E-state index contributed by atoms with van der Waals surface area (Å²) in [6.07, 6.45) is 15.0. The van der Waals surface area contributed by atoms with Crippen molar-refractivity contribution in [2.24, 2.45) is 16.6 Å². The molecule has 2 saturated carbocycles. The molecule has 1 spiro atoms. The van der Waals surface area contributed by atoms with Crippen LogP contribution in [0.5, 0.6) is 0 Å². The SMILES string of the molecule is CCC1CCCC2(CN=C(N)N2C2CCCCCC2)C1. The zero-order valence-corrected chi connectivity index (χ0v) is 13.1. The van der Waals surface area contributed by atoms with E-state index in [0.717, 1.165) is 18.4 Å². The lowest BCUT2D eigenvalue weighted by molar-refractivity contribution is 0.0691. The number of hydrogen-bond acceptors (Lipinski definition) is 3. The highest BCUT2D eigenvalue weighted by atomic mass is 15.4. The number of nitrogens with zero attached hydrogens (tertiary/aromatic N) is 2. The Hall–Kier alpha value is -0.730. The molecule has 2 fully saturated rings. The van der Waals surface area contributed by atoms with Crippen LogP contribution >= 0.6 is 0 Å². The Balaban J connectivity index is 1.79. The van der Waals surface area contributed by atoms with Crippen molar-refractivity contribution in [3.05, 3.63) is 0 Å². The second kappa shape index (κ2) is 5.95. The van der Waals surface area contributed by atoms with Crippen molar-refractivity contribution >= 4 is 5.96 Å². The molecular weight excluding hydrogens is 246 g/mol. The summed E-state index contributed by atoms with van der Waals surface area (Å²) in [4.78, 5) is 7.29. The Bertz CT molecular complexity index is 357. The summed E-state index contributed by atoms with van der Waals surface area (Å²) in [5.74, 6) is 1.74. The molecule has 0 aromatic heterocycles. The summed E-state index contributed by atoms with van der Waals surface area (Å²) < 4.78 is 0. The average molecular weight is 277 g/mol. The molecule has 0 bridgehead atoms. The number of hydrogen-bond donors (Lipinski definition) is 1. The van der Waals surface area contributed by atoms with Gasteiger partial charge in [-0.2, -0.15) is 0 Å². The van der Waals surface area contributed by atoms with Crippen LogP contribution in [0.3, 0.4) is 0 Å². The number of aliphatic imine (C=N–C) groups is 1. The maximum atomic E-state index is 6.33. The molecule has 3 aliphatic rings.